The van der Waals surface area contributed by atoms with Gasteiger partial charge in [-0.2, -0.15) is 0 Å². The number of hydrogen-bond acceptors (Lipinski definition) is 2. The third kappa shape index (κ3) is 11.4. The summed E-state index contributed by atoms with van der Waals surface area (Å²) in [6.45, 7) is 10.9. The molecule has 0 aliphatic heterocycles. The fraction of sp³-hybridized carbons (Fsp3) is 0.382. The van der Waals surface area contributed by atoms with Crippen LogP contribution in [0.15, 0.2) is 70.6 Å². The predicted octanol–water partition coefficient (Wildman–Crippen LogP) is 11.2. The Bertz CT molecular complexity index is 1150. The molecule has 0 fully saturated rings. The Hall–Kier alpha value is -2.03. The van der Waals surface area contributed by atoms with Gasteiger partial charge in [0.15, 0.2) is 0 Å². The van der Waals surface area contributed by atoms with E-state index in [-0.39, 0.29) is 7.43 Å². The zero-order valence-electron chi connectivity index (χ0n) is 24.1. The van der Waals surface area contributed by atoms with Crippen molar-refractivity contribution in [2.75, 3.05) is 0 Å². The molecule has 0 unspecified atom stereocenters. The number of hydrogen-bond donors (Lipinski definition) is 0. The van der Waals surface area contributed by atoms with E-state index in [2.05, 4.69) is 110 Å². The summed E-state index contributed by atoms with van der Waals surface area (Å²) in [7, 11) is 0. The molecule has 0 amide bonds. The van der Waals surface area contributed by atoms with Crippen molar-refractivity contribution in [2.45, 2.75) is 86.0 Å². The maximum atomic E-state index is 4.92. The van der Waals surface area contributed by atoms with Crippen LogP contribution in [-0.2, 0) is 26.5 Å². The quantitative estimate of drug-likeness (QED) is 0.0833. The Morgan fingerprint density at radius 3 is 2.13 bits per heavy atom. The number of nitrogens with zero attached hydrogens (tertiary/aromatic N) is 2. The molecule has 3 aromatic rings. The molecule has 0 N–H and O–H groups in total. The molecule has 0 atom stereocenters. The Morgan fingerprint density at radius 2 is 1.45 bits per heavy atom. The third-order valence-electron chi connectivity index (χ3n) is 6.66. The van der Waals surface area contributed by atoms with Crippen LogP contribution in [0.2, 0.25) is 0 Å². The van der Waals surface area contributed by atoms with Gasteiger partial charge in [0.05, 0.1) is 17.1 Å². The van der Waals surface area contributed by atoms with E-state index in [0.717, 1.165) is 29.9 Å². The second-order valence-electron chi connectivity index (χ2n) is 9.69. The van der Waals surface area contributed by atoms with Crippen LogP contribution in [0.3, 0.4) is 0 Å². The van der Waals surface area contributed by atoms with E-state index in [9.17, 15) is 0 Å². The van der Waals surface area contributed by atoms with E-state index < -0.39 is 0 Å². The molecular weight excluding hydrogens is 575 g/mol. The van der Waals surface area contributed by atoms with Gasteiger partial charge in [-0.3, -0.25) is 9.98 Å². The van der Waals surface area contributed by atoms with Gasteiger partial charge in [-0.1, -0.05) is 82.3 Å². The molecule has 0 spiro atoms. The van der Waals surface area contributed by atoms with Crippen LogP contribution in [-0.4, -0.2) is 11.9 Å². The molecule has 3 rings (SSSR count). The number of unbranched alkanes of at least 4 members (excludes halogenated alkanes) is 5. The van der Waals surface area contributed by atoms with Gasteiger partial charge in [0.25, 0.3) is 0 Å². The summed E-state index contributed by atoms with van der Waals surface area (Å²) in [5, 5.41) is 0. The van der Waals surface area contributed by atoms with Crippen molar-refractivity contribution >= 4 is 37.5 Å². The van der Waals surface area contributed by atoms with Crippen LogP contribution >= 0.6 is 14.2 Å². The standard InChI is InChI=1S/C33H42N2.CH3.BrH.Ni/c1-6-8-9-10-11-13-18-30-22-33(21-28(7-2)27(30)5)35-26(4)24-34-32-20-25(3)19-31(23-32)29-16-14-12-15-17-29;;;/h12,14-17,19-24H,6-11,13,18H2,1-5H3;1H3;1H;/q;-1;;+1/p-1. The maximum absolute atomic E-state index is 4.92. The average Bonchev–Trinajstić information content (AvgIpc) is 2.92. The van der Waals surface area contributed by atoms with Gasteiger partial charge in [0, 0.05) is 6.21 Å². The first-order valence-electron chi connectivity index (χ1n) is 13.5. The van der Waals surface area contributed by atoms with E-state index in [1.54, 1.807) is 0 Å². The van der Waals surface area contributed by atoms with Gasteiger partial charge in [-0.05, 0) is 97.7 Å². The van der Waals surface area contributed by atoms with E-state index in [1.807, 2.05) is 19.2 Å². The topological polar surface area (TPSA) is 24.7 Å². The summed E-state index contributed by atoms with van der Waals surface area (Å²) in [6.07, 6.45) is 12.0. The van der Waals surface area contributed by atoms with Crippen LogP contribution in [0.5, 0.6) is 0 Å². The minimum absolute atomic E-state index is 0. The average molecular weight is 620 g/mol. The molecule has 0 heterocycles. The van der Waals surface area contributed by atoms with Gasteiger partial charge < -0.3 is 7.43 Å². The van der Waals surface area contributed by atoms with Crippen molar-refractivity contribution in [1.82, 2.24) is 0 Å². The minimum atomic E-state index is 0. The van der Waals surface area contributed by atoms with Crippen molar-refractivity contribution in [2.24, 2.45) is 9.98 Å². The monoisotopic (exact) mass is 618 g/mol. The molecule has 2 nitrogen and oxygen atoms in total. The number of aryl methyl sites for hydroxylation is 3. The van der Waals surface area contributed by atoms with Crippen LogP contribution in [0.25, 0.3) is 11.1 Å². The molecular formula is C34H45BrN2Ni-. The first-order valence-corrected chi connectivity index (χ1v) is 15.9. The van der Waals surface area contributed by atoms with E-state index in [1.165, 1.54) is 71.9 Å². The number of rotatable bonds is 12. The molecule has 0 aliphatic carbocycles. The molecule has 0 aromatic heterocycles. The van der Waals surface area contributed by atoms with Crippen LogP contribution in [0.4, 0.5) is 11.4 Å². The van der Waals surface area contributed by atoms with Crippen LogP contribution in [0, 0.1) is 21.3 Å². The van der Waals surface area contributed by atoms with Gasteiger partial charge in [0.1, 0.15) is 0 Å². The Labute approximate surface area is 247 Å². The summed E-state index contributed by atoms with van der Waals surface area (Å²) in [6, 6.07) is 21.5. The molecule has 0 saturated heterocycles. The summed E-state index contributed by atoms with van der Waals surface area (Å²) in [5.41, 5.74) is 10.8. The van der Waals surface area contributed by atoms with Gasteiger partial charge >= 0.3 is 27.9 Å². The molecule has 0 saturated carbocycles. The molecule has 38 heavy (non-hydrogen) atoms. The fourth-order valence-corrected chi connectivity index (χ4v) is 4.64. The summed E-state index contributed by atoms with van der Waals surface area (Å²) < 4.78 is 0. The van der Waals surface area contributed by atoms with E-state index in [4.69, 9.17) is 9.98 Å². The summed E-state index contributed by atoms with van der Waals surface area (Å²) in [5.74, 6) is 0. The molecule has 4 heteroatoms. The first kappa shape index (κ1) is 34.0. The third-order valence-corrected chi connectivity index (χ3v) is 6.66. The Morgan fingerprint density at radius 1 is 0.789 bits per heavy atom. The molecule has 0 bridgehead atoms. The zero-order valence-corrected chi connectivity index (χ0v) is 26.7. The van der Waals surface area contributed by atoms with E-state index >= 15 is 0 Å². The number of halogens is 1. The molecule has 209 valence electrons. The first-order chi connectivity index (χ1) is 18.0. The van der Waals surface area contributed by atoms with E-state index in [0.29, 0.717) is 0 Å². The summed E-state index contributed by atoms with van der Waals surface area (Å²) in [4.78, 5) is 9.68. The van der Waals surface area contributed by atoms with Gasteiger partial charge in [0.2, 0.25) is 0 Å². The molecule has 0 radical (unpaired) electrons. The van der Waals surface area contributed by atoms with Crippen molar-refractivity contribution in [1.29, 1.82) is 0 Å². The van der Waals surface area contributed by atoms with Crippen molar-refractivity contribution in [3.63, 3.8) is 0 Å². The van der Waals surface area contributed by atoms with Crippen LogP contribution < -0.4 is 0 Å². The second kappa shape index (κ2) is 19.1. The normalized spacial score (nSPS) is 11.2. The second-order valence-corrected chi connectivity index (χ2v) is 9.69. The Balaban J connectivity index is 0.00000235. The summed E-state index contributed by atoms with van der Waals surface area (Å²) >= 11 is 6.25. The molecule has 0 aliphatic rings. The van der Waals surface area contributed by atoms with Gasteiger partial charge in [-0.25, -0.2) is 0 Å². The van der Waals surface area contributed by atoms with Crippen molar-refractivity contribution < 1.29 is 13.7 Å². The fourth-order valence-electron chi connectivity index (χ4n) is 4.64. The predicted molar refractivity (Wildman–Crippen MR) is 171 cm³/mol. The SMILES string of the molecule is CCCCCCCCc1cc(N=C(C)C=Nc2cc(C)cc(-c3ccccc3)c2)cc(CC)c1C.[CH3-].[Ni][Br]. The van der Waals surface area contributed by atoms with Crippen molar-refractivity contribution in [3.8, 4) is 11.1 Å². The number of benzene rings is 3. The molecule has 3 aromatic carbocycles. The number of aliphatic imine (C=N–C) groups is 2. The van der Waals surface area contributed by atoms with Gasteiger partial charge in [-0.15, -0.1) is 0 Å². The van der Waals surface area contributed by atoms with Crippen LogP contribution in [0.1, 0.15) is 81.5 Å². The Kier molecular flexibility index (Phi) is 17.1. The van der Waals surface area contributed by atoms with Crippen molar-refractivity contribution in [3.05, 3.63) is 90.3 Å². The zero-order chi connectivity index (χ0) is 27.0.